The lowest BCUT2D eigenvalue weighted by Crippen LogP contribution is -2.43. The average molecular weight is 246 g/mol. The predicted octanol–water partition coefficient (Wildman–Crippen LogP) is 1.96. The van der Waals surface area contributed by atoms with Crippen molar-refractivity contribution in [2.75, 3.05) is 20.7 Å². The molecule has 1 fully saturated rings. The Labute approximate surface area is 109 Å². The van der Waals surface area contributed by atoms with Gasteiger partial charge in [0, 0.05) is 18.5 Å². The van der Waals surface area contributed by atoms with Crippen LogP contribution in [0.4, 0.5) is 0 Å². The van der Waals surface area contributed by atoms with E-state index in [2.05, 4.69) is 37.2 Å². The second-order valence-corrected chi connectivity index (χ2v) is 5.87. The Bertz CT molecular complexity index is 438. The summed E-state index contributed by atoms with van der Waals surface area (Å²) in [6.07, 6.45) is 3.35. The molecule has 1 saturated carbocycles. The van der Waals surface area contributed by atoms with E-state index in [1.807, 2.05) is 0 Å². The fourth-order valence-corrected chi connectivity index (χ4v) is 3.35. The van der Waals surface area contributed by atoms with E-state index in [9.17, 15) is 0 Å². The number of nitrogens with zero attached hydrogens (tertiary/aromatic N) is 1. The summed E-state index contributed by atoms with van der Waals surface area (Å²) in [4.78, 5) is 2.33. The number of fused-ring (bicyclic) bond motifs is 1. The highest BCUT2D eigenvalue weighted by Crippen LogP contribution is 2.41. The van der Waals surface area contributed by atoms with Crippen LogP contribution >= 0.6 is 0 Å². The maximum Gasteiger partial charge on any atom is 0.122 e. The highest BCUT2D eigenvalue weighted by molar-refractivity contribution is 5.41. The molecule has 0 radical (unpaired) electrons. The molecule has 3 rings (SSSR count). The van der Waals surface area contributed by atoms with Gasteiger partial charge in [-0.25, -0.2) is 0 Å². The molecule has 1 aromatic carbocycles. The SMILES string of the molecule is CN(C)C(c1ccc2c(c1)CCO2)C1CC(N)C1. The number of nitrogens with two attached hydrogens (primary N) is 1. The van der Waals surface area contributed by atoms with Gasteiger partial charge in [0.1, 0.15) is 5.75 Å². The van der Waals surface area contributed by atoms with E-state index in [0.29, 0.717) is 18.0 Å². The van der Waals surface area contributed by atoms with Crippen molar-refractivity contribution in [1.29, 1.82) is 0 Å². The topological polar surface area (TPSA) is 38.5 Å². The minimum atomic E-state index is 0.412. The van der Waals surface area contributed by atoms with Crippen LogP contribution in [0.3, 0.4) is 0 Å². The zero-order valence-corrected chi connectivity index (χ0v) is 11.2. The van der Waals surface area contributed by atoms with Crippen LogP contribution in [0.25, 0.3) is 0 Å². The lowest BCUT2D eigenvalue weighted by atomic mass is 9.73. The maximum absolute atomic E-state index is 5.94. The van der Waals surface area contributed by atoms with Crippen LogP contribution in [0.5, 0.6) is 5.75 Å². The monoisotopic (exact) mass is 246 g/mol. The van der Waals surface area contributed by atoms with Gasteiger partial charge in [-0.1, -0.05) is 12.1 Å². The molecule has 2 aliphatic rings. The minimum Gasteiger partial charge on any atom is -0.493 e. The normalized spacial score (nSPS) is 27.6. The van der Waals surface area contributed by atoms with Gasteiger partial charge in [0.2, 0.25) is 0 Å². The van der Waals surface area contributed by atoms with Gasteiger partial charge in [-0.15, -0.1) is 0 Å². The van der Waals surface area contributed by atoms with Crippen LogP contribution < -0.4 is 10.5 Å². The lowest BCUT2D eigenvalue weighted by Gasteiger charge is -2.42. The summed E-state index contributed by atoms with van der Waals surface area (Å²) in [6.45, 7) is 0.833. The molecular weight excluding hydrogens is 224 g/mol. The Morgan fingerprint density at radius 2 is 2.11 bits per heavy atom. The van der Waals surface area contributed by atoms with E-state index in [1.165, 1.54) is 11.1 Å². The first-order valence-corrected chi connectivity index (χ1v) is 6.83. The van der Waals surface area contributed by atoms with Crippen molar-refractivity contribution in [3.05, 3.63) is 29.3 Å². The molecule has 0 amide bonds. The van der Waals surface area contributed by atoms with Gasteiger partial charge in [0.05, 0.1) is 6.61 Å². The molecular formula is C15H22N2O. The first kappa shape index (κ1) is 12.0. The first-order valence-electron chi connectivity index (χ1n) is 6.83. The van der Waals surface area contributed by atoms with Crippen LogP contribution in [0, 0.1) is 5.92 Å². The van der Waals surface area contributed by atoms with Crippen LogP contribution in [0.15, 0.2) is 18.2 Å². The summed E-state index contributed by atoms with van der Waals surface area (Å²) in [5.74, 6) is 1.77. The Balaban J connectivity index is 1.86. The Morgan fingerprint density at radius 1 is 1.33 bits per heavy atom. The fourth-order valence-electron chi connectivity index (χ4n) is 3.35. The average Bonchev–Trinajstić information content (AvgIpc) is 2.73. The van der Waals surface area contributed by atoms with Crippen molar-refractivity contribution in [2.24, 2.45) is 11.7 Å². The molecule has 0 spiro atoms. The summed E-state index contributed by atoms with van der Waals surface area (Å²) in [5.41, 5.74) is 8.72. The van der Waals surface area contributed by atoms with E-state index < -0.39 is 0 Å². The van der Waals surface area contributed by atoms with Gasteiger partial charge < -0.3 is 15.4 Å². The number of benzene rings is 1. The van der Waals surface area contributed by atoms with Crippen LogP contribution in [-0.2, 0) is 6.42 Å². The molecule has 98 valence electrons. The van der Waals surface area contributed by atoms with Crippen molar-refractivity contribution in [3.63, 3.8) is 0 Å². The molecule has 1 aliphatic carbocycles. The molecule has 3 heteroatoms. The first-order chi connectivity index (χ1) is 8.65. The molecule has 18 heavy (non-hydrogen) atoms. The Hall–Kier alpha value is -1.06. The van der Waals surface area contributed by atoms with E-state index in [0.717, 1.165) is 31.6 Å². The zero-order valence-electron chi connectivity index (χ0n) is 11.2. The number of hydrogen-bond acceptors (Lipinski definition) is 3. The second kappa shape index (κ2) is 4.56. The molecule has 0 bridgehead atoms. The summed E-state index contributed by atoms with van der Waals surface area (Å²) >= 11 is 0. The Kier molecular flexibility index (Phi) is 3.04. The van der Waals surface area contributed by atoms with Crippen LogP contribution in [-0.4, -0.2) is 31.6 Å². The van der Waals surface area contributed by atoms with Crippen LogP contribution in [0.2, 0.25) is 0 Å². The highest BCUT2D eigenvalue weighted by Gasteiger charge is 2.35. The van der Waals surface area contributed by atoms with Crippen molar-refractivity contribution >= 4 is 0 Å². The summed E-state index contributed by atoms with van der Waals surface area (Å²) in [6, 6.07) is 7.59. The third-order valence-electron chi connectivity index (χ3n) is 4.27. The van der Waals surface area contributed by atoms with Gasteiger partial charge in [-0.2, -0.15) is 0 Å². The highest BCUT2D eigenvalue weighted by atomic mass is 16.5. The van der Waals surface area contributed by atoms with Crippen molar-refractivity contribution in [2.45, 2.75) is 31.3 Å². The second-order valence-electron chi connectivity index (χ2n) is 5.87. The van der Waals surface area contributed by atoms with E-state index in [-0.39, 0.29) is 0 Å². The predicted molar refractivity (Wildman–Crippen MR) is 72.8 cm³/mol. The van der Waals surface area contributed by atoms with E-state index in [1.54, 1.807) is 0 Å². The maximum atomic E-state index is 5.94. The molecule has 1 atom stereocenters. The minimum absolute atomic E-state index is 0.412. The number of hydrogen-bond donors (Lipinski definition) is 1. The molecule has 1 aromatic rings. The van der Waals surface area contributed by atoms with Crippen molar-refractivity contribution < 1.29 is 4.74 Å². The van der Waals surface area contributed by atoms with E-state index in [4.69, 9.17) is 10.5 Å². The van der Waals surface area contributed by atoms with Crippen molar-refractivity contribution in [3.8, 4) is 5.75 Å². The van der Waals surface area contributed by atoms with Crippen molar-refractivity contribution in [1.82, 2.24) is 4.90 Å². The number of ether oxygens (including phenoxy) is 1. The molecule has 1 unspecified atom stereocenters. The smallest absolute Gasteiger partial charge is 0.122 e. The van der Waals surface area contributed by atoms with Gasteiger partial charge in [0.25, 0.3) is 0 Å². The molecule has 0 saturated heterocycles. The zero-order chi connectivity index (χ0) is 12.7. The van der Waals surface area contributed by atoms with Gasteiger partial charge in [-0.05, 0) is 50.0 Å². The third kappa shape index (κ3) is 2.02. The summed E-state index contributed by atoms with van der Waals surface area (Å²) in [5, 5.41) is 0. The quantitative estimate of drug-likeness (QED) is 0.886. The standard InChI is InChI=1S/C15H22N2O/c1-17(2)15(12-8-13(16)9-12)11-3-4-14-10(7-11)5-6-18-14/h3-4,7,12-13,15H,5-6,8-9,16H2,1-2H3. The molecule has 0 aromatic heterocycles. The number of rotatable bonds is 3. The van der Waals surface area contributed by atoms with Crippen LogP contribution in [0.1, 0.15) is 30.0 Å². The van der Waals surface area contributed by atoms with E-state index >= 15 is 0 Å². The summed E-state index contributed by atoms with van der Waals surface area (Å²) < 4.78 is 5.58. The molecule has 1 aliphatic heterocycles. The van der Waals surface area contributed by atoms with Gasteiger partial charge in [0.15, 0.2) is 0 Å². The molecule has 3 nitrogen and oxygen atoms in total. The largest absolute Gasteiger partial charge is 0.493 e. The Morgan fingerprint density at radius 3 is 2.78 bits per heavy atom. The fraction of sp³-hybridized carbons (Fsp3) is 0.600. The van der Waals surface area contributed by atoms with Gasteiger partial charge in [-0.3, -0.25) is 0 Å². The molecule has 2 N–H and O–H groups in total. The lowest BCUT2D eigenvalue weighted by molar-refractivity contribution is 0.123. The molecule has 1 heterocycles. The summed E-state index contributed by atoms with van der Waals surface area (Å²) in [7, 11) is 4.33. The third-order valence-corrected chi connectivity index (χ3v) is 4.27. The van der Waals surface area contributed by atoms with Gasteiger partial charge >= 0.3 is 0 Å².